The van der Waals surface area contributed by atoms with Crippen molar-refractivity contribution in [1.29, 1.82) is 0 Å². The van der Waals surface area contributed by atoms with E-state index in [0.717, 1.165) is 31.7 Å². The molecule has 0 aromatic heterocycles. The third kappa shape index (κ3) is 7.40. The normalized spacial score (nSPS) is 11.0. The zero-order valence-electron chi connectivity index (χ0n) is 16.1. The number of aliphatic imine (C=N–C) groups is 1. The number of hydrogen-bond donors (Lipinski definition) is 3. The van der Waals surface area contributed by atoms with Crippen LogP contribution < -0.4 is 20.9 Å². The van der Waals surface area contributed by atoms with Gasteiger partial charge in [-0.05, 0) is 37.6 Å². The third-order valence-corrected chi connectivity index (χ3v) is 4.10. The SMILES string of the molecule is CCN(CCCNC(=NC)NCC(=O)Nc1ccccc1)c1ccccc1. The van der Waals surface area contributed by atoms with Crippen molar-refractivity contribution in [3.63, 3.8) is 0 Å². The van der Waals surface area contributed by atoms with Gasteiger partial charge < -0.3 is 20.9 Å². The van der Waals surface area contributed by atoms with Gasteiger partial charge in [0.05, 0.1) is 6.54 Å². The van der Waals surface area contributed by atoms with Crippen LogP contribution in [0.1, 0.15) is 13.3 Å². The quantitative estimate of drug-likeness (QED) is 0.362. The summed E-state index contributed by atoms with van der Waals surface area (Å²) in [7, 11) is 1.70. The van der Waals surface area contributed by atoms with Crippen molar-refractivity contribution in [3.05, 3.63) is 60.7 Å². The molecule has 2 rings (SSSR count). The summed E-state index contributed by atoms with van der Waals surface area (Å²) in [5, 5.41) is 9.13. The molecule has 0 fully saturated rings. The average molecular weight is 367 g/mol. The summed E-state index contributed by atoms with van der Waals surface area (Å²) in [4.78, 5) is 18.5. The average Bonchev–Trinajstić information content (AvgIpc) is 2.71. The molecule has 27 heavy (non-hydrogen) atoms. The zero-order valence-corrected chi connectivity index (χ0v) is 16.1. The number of anilines is 2. The van der Waals surface area contributed by atoms with E-state index in [1.54, 1.807) is 7.05 Å². The topological polar surface area (TPSA) is 68.8 Å². The van der Waals surface area contributed by atoms with E-state index in [4.69, 9.17) is 0 Å². The molecule has 0 bridgehead atoms. The van der Waals surface area contributed by atoms with Gasteiger partial charge in [-0.15, -0.1) is 0 Å². The smallest absolute Gasteiger partial charge is 0.243 e. The fraction of sp³-hybridized carbons (Fsp3) is 0.333. The van der Waals surface area contributed by atoms with Crippen LogP contribution in [0.25, 0.3) is 0 Å². The Labute approximate surface area is 161 Å². The van der Waals surface area contributed by atoms with E-state index >= 15 is 0 Å². The molecule has 0 aliphatic rings. The van der Waals surface area contributed by atoms with Gasteiger partial charge in [0.2, 0.25) is 5.91 Å². The van der Waals surface area contributed by atoms with Gasteiger partial charge in [0.1, 0.15) is 0 Å². The number of nitrogens with one attached hydrogen (secondary N) is 3. The van der Waals surface area contributed by atoms with Gasteiger partial charge in [-0.2, -0.15) is 0 Å². The molecule has 1 amide bonds. The first-order chi connectivity index (χ1) is 13.2. The molecule has 2 aromatic carbocycles. The Bertz CT molecular complexity index is 703. The van der Waals surface area contributed by atoms with E-state index in [0.29, 0.717) is 5.96 Å². The van der Waals surface area contributed by atoms with Crippen LogP contribution in [0.15, 0.2) is 65.7 Å². The van der Waals surface area contributed by atoms with Gasteiger partial charge >= 0.3 is 0 Å². The number of nitrogens with zero attached hydrogens (tertiary/aromatic N) is 2. The minimum atomic E-state index is -0.106. The highest BCUT2D eigenvalue weighted by Gasteiger charge is 2.05. The van der Waals surface area contributed by atoms with Gasteiger partial charge in [0.15, 0.2) is 5.96 Å². The Morgan fingerprint density at radius 1 is 1.00 bits per heavy atom. The summed E-state index contributed by atoms with van der Waals surface area (Å²) in [6.45, 7) is 5.03. The fourth-order valence-electron chi connectivity index (χ4n) is 2.70. The Kier molecular flexibility index (Phi) is 8.69. The summed E-state index contributed by atoms with van der Waals surface area (Å²) in [5.41, 5.74) is 2.02. The van der Waals surface area contributed by atoms with Gasteiger partial charge in [-0.3, -0.25) is 9.79 Å². The van der Waals surface area contributed by atoms with Gasteiger partial charge in [0, 0.05) is 38.1 Å². The molecule has 0 saturated heterocycles. The minimum Gasteiger partial charge on any atom is -0.372 e. The van der Waals surface area contributed by atoms with Crippen molar-refractivity contribution >= 4 is 23.2 Å². The zero-order chi connectivity index (χ0) is 19.3. The third-order valence-electron chi connectivity index (χ3n) is 4.10. The highest BCUT2D eigenvalue weighted by atomic mass is 16.1. The lowest BCUT2D eigenvalue weighted by atomic mass is 10.2. The number of guanidine groups is 1. The van der Waals surface area contributed by atoms with Crippen LogP contribution >= 0.6 is 0 Å². The molecule has 0 saturated carbocycles. The molecule has 0 heterocycles. The second-order valence-corrected chi connectivity index (χ2v) is 6.04. The van der Waals surface area contributed by atoms with Gasteiger partial charge in [-0.1, -0.05) is 36.4 Å². The number of carbonyl (C=O) groups excluding carboxylic acids is 1. The van der Waals surface area contributed by atoms with Crippen LogP contribution in [0, 0.1) is 0 Å². The highest BCUT2D eigenvalue weighted by molar-refractivity contribution is 5.94. The standard InChI is InChI=1S/C21H29N5O/c1-3-26(19-13-8-5-9-14-19)16-10-15-23-21(22-2)24-17-20(27)25-18-11-6-4-7-12-18/h4-9,11-14H,3,10,15-17H2,1-2H3,(H,25,27)(H2,22,23,24). The molecule has 0 aliphatic heterocycles. The maximum Gasteiger partial charge on any atom is 0.243 e. The van der Waals surface area contributed by atoms with Gasteiger partial charge in [0.25, 0.3) is 0 Å². The molecule has 0 unspecified atom stereocenters. The first-order valence-corrected chi connectivity index (χ1v) is 9.32. The number of rotatable bonds is 9. The second-order valence-electron chi connectivity index (χ2n) is 6.04. The first-order valence-electron chi connectivity index (χ1n) is 9.32. The monoisotopic (exact) mass is 367 g/mol. The van der Waals surface area contributed by atoms with Crippen molar-refractivity contribution in [1.82, 2.24) is 10.6 Å². The molecule has 0 atom stereocenters. The highest BCUT2D eigenvalue weighted by Crippen LogP contribution is 2.12. The van der Waals surface area contributed by atoms with E-state index in [9.17, 15) is 4.79 Å². The van der Waals surface area contributed by atoms with Crippen molar-refractivity contribution < 1.29 is 4.79 Å². The Morgan fingerprint density at radius 3 is 2.30 bits per heavy atom. The molecule has 6 heteroatoms. The van der Waals surface area contributed by atoms with E-state index in [-0.39, 0.29) is 12.5 Å². The van der Waals surface area contributed by atoms with Crippen molar-refractivity contribution in [2.45, 2.75) is 13.3 Å². The van der Waals surface area contributed by atoms with E-state index < -0.39 is 0 Å². The largest absolute Gasteiger partial charge is 0.372 e. The van der Waals surface area contributed by atoms with Crippen LogP contribution in [0.3, 0.4) is 0 Å². The summed E-state index contributed by atoms with van der Waals surface area (Å²) in [5.74, 6) is 0.520. The van der Waals surface area contributed by atoms with Crippen LogP contribution in [0.5, 0.6) is 0 Å². The number of benzene rings is 2. The van der Waals surface area contributed by atoms with Crippen molar-refractivity contribution in [2.75, 3.05) is 43.4 Å². The van der Waals surface area contributed by atoms with Crippen LogP contribution in [-0.2, 0) is 4.79 Å². The van der Waals surface area contributed by atoms with Gasteiger partial charge in [-0.25, -0.2) is 0 Å². The van der Waals surface area contributed by atoms with E-state index in [2.05, 4.69) is 57.0 Å². The summed E-state index contributed by atoms with van der Waals surface area (Å²) in [6.07, 6.45) is 0.972. The molecule has 0 spiro atoms. The van der Waals surface area contributed by atoms with Crippen LogP contribution in [0.4, 0.5) is 11.4 Å². The predicted molar refractivity (Wildman–Crippen MR) is 113 cm³/mol. The molecular weight excluding hydrogens is 338 g/mol. The lowest BCUT2D eigenvalue weighted by molar-refractivity contribution is -0.115. The first kappa shape index (κ1) is 20.3. The Morgan fingerprint density at radius 2 is 1.67 bits per heavy atom. The lowest BCUT2D eigenvalue weighted by Gasteiger charge is -2.23. The fourth-order valence-corrected chi connectivity index (χ4v) is 2.70. The number of hydrogen-bond acceptors (Lipinski definition) is 3. The molecule has 144 valence electrons. The molecule has 0 radical (unpaired) electrons. The number of amides is 1. The van der Waals surface area contributed by atoms with Crippen LogP contribution in [-0.4, -0.2) is 45.1 Å². The molecule has 2 aromatic rings. The maximum absolute atomic E-state index is 12.0. The molecular formula is C21H29N5O. The number of para-hydroxylation sites is 2. The summed E-state index contributed by atoms with van der Waals surface area (Å²) in [6, 6.07) is 19.8. The van der Waals surface area contributed by atoms with E-state index in [1.807, 2.05) is 36.4 Å². The number of carbonyl (C=O) groups is 1. The molecule has 6 nitrogen and oxygen atoms in total. The predicted octanol–water partition coefficient (Wildman–Crippen LogP) is 2.71. The van der Waals surface area contributed by atoms with Crippen molar-refractivity contribution in [3.8, 4) is 0 Å². The lowest BCUT2D eigenvalue weighted by Crippen LogP contribution is -2.42. The summed E-state index contributed by atoms with van der Waals surface area (Å²) < 4.78 is 0. The van der Waals surface area contributed by atoms with Crippen molar-refractivity contribution in [2.24, 2.45) is 4.99 Å². The summed E-state index contributed by atoms with van der Waals surface area (Å²) >= 11 is 0. The second kappa shape index (κ2) is 11.6. The van der Waals surface area contributed by atoms with Crippen LogP contribution in [0.2, 0.25) is 0 Å². The Hall–Kier alpha value is -3.02. The minimum absolute atomic E-state index is 0.106. The molecule has 0 aliphatic carbocycles. The molecule has 3 N–H and O–H groups in total. The Balaban J connectivity index is 1.67. The maximum atomic E-state index is 12.0. The van der Waals surface area contributed by atoms with E-state index in [1.165, 1.54) is 5.69 Å².